The Morgan fingerprint density at radius 3 is 2.72 bits per heavy atom. The molecule has 0 amide bonds. The van der Waals surface area contributed by atoms with Crippen molar-refractivity contribution in [2.75, 3.05) is 11.9 Å². The summed E-state index contributed by atoms with van der Waals surface area (Å²) in [5, 5.41) is 1.77. The second kappa shape index (κ2) is 5.69. The molecule has 1 heterocycles. The highest BCUT2D eigenvalue weighted by Gasteiger charge is 2.11. The van der Waals surface area contributed by atoms with Crippen molar-refractivity contribution in [3.8, 4) is 0 Å². The van der Waals surface area contributed by atoms with Crippen molar-refractivity contribution in [1.82, 2.24) is 4.98 Å². The molecule has 5 heteroatoms. The number of nitrogens with two attached hydrogens (primary N) is 1. The summed E-state index contributed by atoms with van der Waals surface area (Å²) in [7, 11) is 2.02. The van der Waals surface area contributed by atoms with E-state index in [4.69, 9.17) is 17.3 Å². The van der Waals surface area contributed by atoms with Gasteiger partial charge in [-0.3, -0.25) is 0 Å². The van der Waals surface area contributed by atoms with Crippen molar-refractivity contribution < 1.29 is 0 Å². The minimum atomic E-state index is 0.545. The Kier molecular flexibility index (Phi) is 4.22. The molecule has 0 fully saturated rings. The summed E-state index contributed by atoms with van der Waals surface area (Å²) in [6, 6.07) is 7.87. The summed E-state index contributed by atoms with van der Waals surface area (Å²) in [4.78, 5) is 7.76. The Hall–Kier alpha value is -1.10. The zero-order valence-corrected chi connectivity index (χ0v) is 12.1. The number of thiazole rings is 1. The average molecular weight is 282 g/mol. The van der Waals surface area contributed by atoms with Crippen molar-refractivity contribution in [2.24, 2.45) is 5.73 Å². The number of halogens is 1. The highest BCUT2D eigenvalue weighted by Crippen LogP contribution is 2.27. The van der Waals surface area contributed by atoms with E-state index < -0.39 is 0 Å². The molecule has 96 valence electrons. The molecular formula is C13H16ClN3S. The van der Waals surface area contributed by atoms with Gasteiger partial charge in [0, 0.05) is 30.0 Å². The van der Waals surface area contributed by atoms with E-state index in [2.05, 4.69) is 9.88 Å². The quantitative estimate of drug-likeness (QED) is 0.936. The molecule has 0 aliphatic carbocycles. The molecule has 0 unspecified atom stereocenters. The molecule has 0 saturated carbocycles. The molecule has 1 aromatic heterocycles. The number of rotatable bonds is 4. The Morgan fingerprint density at radius 1 is 1.39 bits per heavy atom. The highest BCUT2D eigenvalue weighted by molar-refractivity contribution is 7.15. The fraction of sp³-hybridized carbons (Fsp3) is 0.308. The van der Waals surface area contributed by atoms with Crippen LogP contribution in [-0.2, 0) is 13.1 Å². The maximum Gasteiger partial charge on any atom is 0.185 e. The lowest BCUT2D eigenvalue weighted by Crippen LogP contribution is -2.16. The minimum absolute atomic E-state index is 0.545. The first-order chi connectivity index (χ1) is 8.61. The minimum Gasteiger partial charge on any atom is -0.347 e. The van der Waals surface area contributed by atoms with Crippen molar-refractivity contribution in [1.29, 1.82) is 0 Å². The van der Waals surface area contributed by atoms with Crippen molar-refractivity contribution >= 4 is 28.1 Å². The van der Waals surface area contributed by atoms with E-state index >= 15 is 0 Å². The largest absolute Gasteiger partial charge is 0.347 e. The van der Waals surface area contributed by atoms with Crippen molar-refractivity contribution in [3.05, 3.63) is 45.4 Å². The van der Waals surface area contributed by atoms with Gasteiger partial charge < -0.3 is 10.6 Å². The molecule has 1 aromatic carbocycles. The topological polar surface area (TPSA) is 42.2 Å². The molecule has 18 heavy (non-hydrogen) atoms. The SMILES string of the molecule is Cc1nc(N(C)Cc2ccccc2Cl)sc1CN. The van der Waals surface area contributed by atoms with Gasteiger partial charge in [-0.2, -0.15) is 0 Å². The van der Waals surface area contributed by atoms with Gasteiger partial charge in [0.05, 0.1) is 5.69 Å². The average Bonchev–Trinajstić information content (AvgIpc) is 2.73. The molecule has 3 nitrogen and oxygen atoms in total. The van der Waals surface area contributed by atoms with Crippen LogP contribution in [0.5, 0.6) is 0 Å². The summed E-state index contributed by atoms with van der Waals surface area (Å²) in [6.45, 7) is 3.28. The third-order valence-corrected chi connectivity index (χ3v) is 4.42. The Morgan fingerprint density at radius 2 is 2.11 bits per heavy atom. The summed E-state index contributed by atoms with van der Waals surface area (Å²) < 4.78 is 0. The number of aryl methyl sites for hydroxylation is 1. The smallest absolute Gasteiger partial charge is 0.185 e. The first-order valence-corrected chi connectivity index (χ1v) is 6.92. The lowest BCUT2D eigenvalue weighted by molar-refractivity contribution is 0.910. The van der Waals surface area contributed by atoms with E-state index in [1.165, 1.54) is 0 Å². The summed E-state index contributed by atoms with van der Waals surface area (Å²) in [5.74, 6) is 0. The van der Waals surface area contributed by atoms with E-state index in [-0.39, 0.29) is 0 Å². The van der Waals surface area contributed by atoms with Gasteiger partial charge in [-0.25, -0.2) is 4.98 Å². The first-order valence-electron chi connectivity index (χ1n) is 5.72. The fourth-order valence-corrected chi connectivity index (χ4v) is 2.81. The van der Waals surface area contributed by atoms with Gasteiger partial charge >= 0.3 is 0 Å². The third kappa shape index (κ3) is 2.83. The molecule has 0 saturated heterocycles. The summed E-state index contributed by atoms with van der Waals surface area (Å²) in [5.41, 5.74) is 7.79. The summed E-state index contributed by atoms with van der Waals surface area (Å²) in [6.07, 6.45) is 0. The number of hydrogen-bond acceptors (Lipinski definition) is 4. The second-order valence-electron chi connectivity index (χ2n) is 4.16. The van der Waals surface area contributed by atoms with Crippen LogP contribution >= 0.6 is 22.9 Å². The second-order valence-corrected chi connectivity index (χ2v) is 5.63. The Bertz CT molecular complexity index is 539. The fourth-order valence-electron chi connectivity index (χ4n) is 1.72. The molecule has 0 bridgehead atoms. The zero-order chi connectivity index (χ0) is 13.1. The predicted molar refractivity (Wildman–Crippen MR) is 78.3 cm³/mol. The molecule has 2 rings (SSSR count). The van der Waals surface area contributed by atoms with Crippen LogP contribution in [0, 0.1) is 6.92 Å². The van der Waals surface area contributed by atoms with Crippen LogP contribution in [0.2, 0.25) is 5.02 Å². The molecule has 0 atom stereocenters. The Labute approximate surface area is 116 Å². The van der Waals surface area contributed by atoms with Gasteiger partial charge in [-0.1, -0.05) is 29.8 Å². The molecule has 0 aliphatic rings. The molecule has 0 spiro atoms. The maximum absolute atomic E-state index is 6.16. The van der Waals surface area contributed by atoms with Crippen LogP contribution in [0.4, 0.5) is 5.13 Å². The lowest BCUT2D eigenvalue weighted by Gasteiger charge is -2.16. The Balaban J connectivity index is 2.16. The number of aromatic nitrogens is 1. The van der Waals surface area contributed by atoms with Gasteiger partial charge in [0.2, 0.25) is 0 Å². The van der Waals surface area contributed by atoms with E-state index in [1.54, 1.807) is 11.3 Å². The van der Waals surface area contributed by atoms with E-state index in [9.17, 15) is 0 Å². The monoisotopic (exact) mass is 281 g/mol. The number of anilines is 1. The first kappa shape index (κ1) is 13.3. The van der Waals surface area contributed by atoms with E-state index in [0.717, 1.165) is 32.8 Å². The van der Waals surface area contributed by atoms with Gasteiger partial charge in [0.1, 0.15) is 0 Å². The normalized spacial score (nSPS) is 10.7. The standard InChI is InChI=1S/C13H16ClN3S/c1-9-12(7-15)18-13(16-9)17(2)8-10-5-3-4-6-11(10)14/h3-6H,7-8,15H2,1-2H3. The van der Waals surface area contributed by atoms with Gasteiger partial charge in [0.25, 0.3) is 0 Å². The maximum atomic E-state index is 6.16. The highest BCUT2D eigenvalue weighted by atomic mass is 35.5. The third-order valence-electron chi connectivity index (χ3n) is 2.76. The van der Waals surface area contributed by atoms with Gasteiger partial charge in [-0.15, -0.1) is 11.3 Å². The van der Waals surface area contributed by atoms with Crippen molar-refractivity contribution in [2.45, 2.75) is 20.0 Å². The molecule has 2 aromatic rings. The molecule has 2 N–H and O–H groups in total. The van der Waals surface area contributed by atoms with Gasteiger partial charge in [-0.05, 0) is 18.6 Å². The van der Waals surface area contributed by atoms with E-state index in [1.807, 2.05) is 38.2 Å². The number of hydrogen-bond donors (Lipinski definition) is 1. The van der Waals surface area contributed by atoms with Crippen LogP contribution in [0.15, 0.2) is 24.3 Å². The lowest BCUT2D eigenvalue weighted by atomic mass is 10.2. The summed E-state index contributed by atoms with van der Waals surface area (Å²) >= 11 is 7.80. The van der Waals surface area contributed by atoms with Crippen LogP contribution in [0.1, 0.15) is 16.1 Å². The molecule has 0 radical (unpaired) electrons. The van der Waals surface area contributed by atoms with Crippen LogP contribution in [0.3, 0.4) is 0 Å². The molecule has 0 aliphatic heterocycles. The van der Waals surface area contributed by atoms with Crippen LogP contribution in [-0.4, -0.2) is 12.0 Å². The van der Waals surface area contributed by atoms with Crippen LogP contribution in [0.25, 0.3) is 0 Å². The predicted octanol–water partition coefficient (Wildman–Crippen LogP) is 3.20. The van der Waals surface area contributed by atoms with Crippen LogP contribution < -0.4 is 10.6 Å². The van der Waals surface area contributed by atoms with E-state index in [0.29, 0.717) is 6.54 Å². The van der Waals surface area contributed by atoms with Gasteiger partial charge in [0.15, 0.2) is 5.13 Å². The number of nitrogens with zero attached hydrogens (tertiary/aromatic N) is 2. The zero-order valence-electron chi connectivity index (χ0n) is 10.5. The molecular weight excluding hydrogens is 266 g/mol. The number of benzene rings is 1. The van der Waals surface area contributed by atoms with Crippen molar-refractivity contribution in [3.63, 3.8) is 0 Å².